The Morgan fingerprint density at radius 3 is 2.52 bits per heavy atom. The molecule has 0 saturated carbocycles. The number of aliphatic carboxylic acids is 1. The molecule has 4 atom stereocenters. The molecule has 1 aromatic rings. The Balaban J connectivity index is 1.82. The molecule has 2 bridgehead atoms. The SMILES string of the molecule is O=C(O)C1C2C=CC(O2)C1C(=O)Nc1ccc(Br)cc1F. The number of rotatable bonds is 3. The number of carbonyl (C=O) groups excluding carboxylic acids is 1. The van der Waals surface area contributed by atoms with Crippen LogP contribution >= 0.6 is 15.9 Å². The zero-order valence-electron chi connectivity index (χ0n) is 10.6. The maximum Gasteiger partial charge on any atom is 0.310 e. The highest BCUT2D eigenvalue weighted by Crippen LogP contribution is 2.40. The fourth-order valence-electron chi connectivity index (χ4n) is 2.72. The van der Waals surface area contributed by atoms with Crippen LogP contribution in [0.5, 0.6) is 0 Å². The molecule has 21 heavy (non-hydrogen) atoms. The Morgan fingerprint density at radius 2 is 1.90 bits per heavy atom. The van der Waals surface area contributed by atoms with E-state index in [2.05, 4.69) is 21.2 Å². The van der Waals surface area contributed by atoms with Crippen molar-refractivity contribution in [3.05, 3.63) is 40.6 Å². The molecule has 0 radical (unpaired) electrons. The maximum absolute atomic E-state index is 13.7. The van der Waals surface area contributed by atoms with E-state index in [0.717, 1.165) is 0 Å². The number of halogens is 2. The van der Waals surface area contributed by atoms with Gasteiger partial charge in [0, 0.05) is 4.47 Å². The van der Waals surface area contributed by atoms with E-state index in [0.29, 0.717) is 4.47 Å². The van der Waals surface area contributed by atoms with Gasteiger partial charge in [-0.15, -0.1) is 0 Å². The van der Waals surface area contributed by atoms with Gasteiger partial charge in [-0.3, -0.25) is 9.59 Å². The van der Waals surface area contributed by atoms with Crippen LogP contribution in [0.25, 0.3) is 0 Å². The first-order valence-electron chi connectivity index (χ1n) is 6.30. The van der Waals surface area contributed by atoms with Crippen LogP contribution in [-0.4, -0.2) is 29.2 Å². The number of carboxylic acid groups (broad SMARTS) is 1. The predicted molar refractivity (Wildman–Crippen MR) is 75.1 cm³/mol. The molecule has 2 aliphatic rings. The van der Waals surface area contributed by atoms with Gasteiger partial charge >= 0.3 is 5.97 Å². The highest BCUT2D eigenvalue weighted by molar-refractivity contribution is 9.10. The van der Waals surface area contributed by atoms with Crippen molar-refractivity contribution in [2.45, 2.75) is 12.2 Å². The van der Waals surface area contributed by atoms with Gasteiger partial charge in [-0.2, -0.15) is 0 Å². The molecule has 1 aromatic carbocycles. The van der Waals surface area contributed by atoms with E-state index in [1.165, 1.54) is 12.1 Å². The second-order valence-electron chi connectivity index (χ2n) is 4.95. The molecule has 4 unspecified atom stereocenters. The maximum atomic E-state index is 13.7. The van der Waals surface area contributed by atoms with Crippen molar-refractivity contribution in [3.8, 4) is 0 Å². The van der Waals surface area contributed by atoms with Crippen LogP contribution in [0.3, 0.4) is 0 Å². The van der Waals surface area contributed by atoms with Crippen molar-refractivity contribution in [1.82, 2.24) is 0 Å². The van der Waals surface area contributed by atoms with Crippen molar-refractivity contribution in [2.24, 2.45) is 11.8 Å². The number of ether oxygens (including phenoxy) is 1. The average molecular weight is 356 g/mol. The first-order valence-corrected chi connectivity index (χ1v) is 7.09. The van der Waals surface area contributed by atoms with E-state index < -0.39 is 41.7 Å². The minimum absolute atomic E-state index is 0.0130. The molecule has 1 fully saturated rings. The molecule has 110 valence electrons. The Kier molecular flexibility index (Phi) is 3.54. The molecule has 0 aromatic heterocycles. The van der Waals surface area contributed by atoms with Gasteiger partial charge in [-0.25, -0.2) is 4.39 Å². The van der Waals surface area contributed by atoms with Crippen LogP contribution in [0, 0.1) is 17.7 Å². The van der Waals surface area contributed by atoms with Gasteiger partial charge in [0.05, 0.1) is 23.8 Å². The molecule has 7 heteroatoms. The number of amides is 1. The van der Waals surface area contributed by atoms with Crippen molar-refractivity contribution >= 4 is 33.5 Å². The highest BCUT2D eigenvalue weighted by Gasteiger charge is 2.53. The van der Waals surface area contributed by atoms with Gasteiger partial charge in [-0.1, -0.05) is 28.1 Å². The molecular formula is C14H11BrFNO4. The summed E-state index contributed by atoms with van der Waals surface area (Å²) in [6, 6.07) is 4.23. The van der Waals surface area contributed by atoms with Crippen molar-refractivity contribution in [1.29, 1.82) is 0 Å². The summed E-state index contributed by atoms with van der Waals surface area (Å²) in [6.07, 6.45) is 2.15. The molecule has 1 amide bonds. The standard InChI is InChI=1S/C14H11BrFNO4/c15-6-1-2-8(7(16)5-6)17-13(18)11-9-3-4-10(21-9)12(11)14(19)20/h1-5,9-12H,(H,17,18)(H,19,20). The van der Waals surface area contributed by atoms with E-state index in [1.54, 1.807) is 18.2 Å². The van der Waals surface area contributed by atoms with Crippen LogP contribution in [-0.2, 0) is 14.3 Å². The second-order valence-corrected chi connectivity index (χ2v) is 5.87. The van der Waals surface area contributed by atoms with Crippen LogP contribution < -0.4 is 5.32 Å². The first-order chi connectivity index (χ1) is 9.97. The van der Waals surface area contributed by atoms with Crippen LogP contribution in [0.1, 0.15) is 0 Å². The molecule has 5 nitrogen and oxygen atoms in total. The number of nitrogens with one attached hydrogen (secondary N) is 1. The third kappa shape index (κ3) is 2.47. The lowest BCUT2D eigenvalue weighted by Gasteiger charge is -2.21. The molecular weight excluding hydrogens is 345 g/mol. The first kappa shape index (κ1) is 14.2. The molecule has 0 spiro atoms. The Labute approximate surface area is 127 Å². The minimum Gasteiger partial charge on any atom is -0.481 e. The van der Waals surface area contributed by atoms with Gasteiger partial charge in [0.2, 0.25) is 5.91 Å². The molecule has 1 saturated heterocycles. The third-order valence-corrected chi connectivity index (χ3v) is 4.17. The normalized spacial score (nSPS) is 29.6. The zero-order valence-corrected chi connectivity index (χ0v) is 12.2. The smallest absolute Gasteiger partial charge is 0.310 e. The number of benzene rings is 1. The Hall–Kier alpha value is -1.73. The summed E-state index contributed by atoms with van der Waals surface area (Å²) >= 11 is 3.12. The minimum atomic E-state index is -1.09. The summed E-state index contributed by atoms with van der Waals surface area (Å²) in [5.41, 5.74) is 0.0130. The van der Waals surface area contributed by atoms with Gasteiger partial charge in [0.1, 0.15) is 11.7 Å². The molecule has 2 heterocycles. The van der Waals surface area contributed by atoms with Gasteiger partial charge in [0.25, 0.3) is 0 Å². The quantitative estimate of drug-likeness (QED) is 0.815. The lowest BCUT2D eigenvalue weighted by molar-refractivity contribution is -0.145. The number of anilines is 1. The van der Waals surface area contributed by atoms with Crippen molar-refractivity contribution < 1.29 is 23.8 Å². The second kappa shape index (κ2) is 5.23. The fraction of sp³-hybridized carbons (Fsp3) is 0.286. The number of carbonyl (C=O) groups is 2. The van der Waals surface area contributed by atoms with Crippen LogP contribution in [0.2, 0.25) is 0 Å². The molecule has 2 N–H and O–H groups in total. The van der Waals surface area contributed by atoms with E-state index in [4.69, 9.17) is 4.74 Å². The third-order valence-electron chi connectivity index (χ3n) is 3.68. The summed E-state index contributed by atoms with van der Waals surface area (Å²) in [7, 11) is 0. The van der Waals surface area contributed by atoms with Crippen LogP contribution in [0.4, 0.5) is 10.1 Å². The number of carboxylic acids is 1. The van der Waals surface area contributed by atoms with Gasteiger partial charge < -0.3 is 15.2 Å². The highest BCUT2D eigenvalue weighted by atomic mass is 79.9. The van der Waals surface area contributed by atoms with Crippen LogP contribution in [0.15, 0.2) is 34.8 Å². The van der Waals surface area contributed by atoms with E-state index >= 15 is 0 Å². The number of fused-ring (bicyclic) bond motifs is 2. The van der Waals surface area contributed by atoms with E-state index in [1.807, 2.05) is 0 Å². The largest absolute Gasteiger partial charge is 0.481 e. The van der Waals surface area contributed by atoms with Crippen molar-refractivity contribution in [2.75, 3.05) is 5.32 Å². The lowest BCUT2D eigenvalue weighted by Crippen LogP contribution is -2.39. The lowest BCUT2D eigenvalue weighted by atomic mass is 9.82. The van der Waals surface area contributed by atoms with Gasteiger partial charge in [0.15, 0.2) is 0 Å². The van der Waals surface area contributed by atoms with E-state index in [-0.39, 0.29) is 5.69 Å². The number of hydrogen-bond acceptors (Lipinski definition) is 3. The van der Waals surface area contributed by atoms with Gasteiger partial charge in [-0.05, 0) is 18.2 Å². The molecule has 2 aliphatic heterocycles. The molecule has 0 aliphatic carbocycles. The monoisotopic (exact) mass is 355 g/mol. The Morgan fingerprint density at radius 1 is 1.24 bits per heavy atom. The number of hydrogen-bond donors (Lipinski definition) is 2. The summed E-state index contributed by atoms with van der Waals surface area (Å²) in [5.74, 6) is -4.05. The van der Waals surface area contributed by atoms with E-state index in [9.17, 15) is 19.1 Å². The summed E-state index contributed by atoms with van der Waals surface area (Å²) in [4.78, 5) is 23.6. The predicted octanol–water partition coefficient (Wildman–Crippen LogP) is 2.18. The van der Waals surface area contributed by atoms with Crippen molar-refractivity contribution in [3.63, 3.8) is 0 Å². The molecule has 3 rings (SSSR count). The Bertz CT molecular complexity index is 648. The zero-order chi connectivity index (χ0) is 15.1. The average Bonchev–Trinajstić information content (AvgIpc) is 3.02. The fourth-order valence-corrected chi connectivity index (χ4v) is 3.06. The summed E-state index contributed by atoms with van der Waals surface area (Å²) < 4.78 is 19.7. The topological polar surface area (TPSA) is 75.6 Å². The summed E-state index contributed by atoms with van der Waals surface area (Å²) in [6.45, 7) is 0. The summed E-state index contributed by atoms with van der Waals surface area (Å²) in [5, 5.41) is 11.7.